The van der Waals surface area contributed by atoms with Gasteiger partial charge in [0.05, 0.1) is 0 Å². The van der Waals surface area contributed by atoms with Crippen LogP contribution in [0.1, 0.15) is 59.4 Å². The van der Waals surface area contributed by atoms with Crippen LogP contribution in [-0.4, -0.2) is 25.2 Å². The number of nitrogens with zero attached hydrogens (tertiary/aromatic N) is 1. The second-order valence-electron chi connectivity index (χ2n) is 7.38. The lowest BCUT2D eigenvalue weighted by Gasteiger charge is -2.43. The molecule has 0 saturated carbocycles. The van der Waals surface area contributed by atoms with Crippen LogP contribution in [0.4, 0.5) is 5.69 Å². The molecular formula is C19H32N2. The van der Waals surface area contributed by atoms with E-state index in [1.54, 1.807) is 0 Å². The van der Waals surface area contributed by atoms with Gasteiger partial charge in [-0.3, -0.25) is 0 Å². The van der Waals surface area contributed by atoms with Gasteiger partial charge < -0.3 is 10.2 Å². The Bertz CT molecular complexity index is 447. The maximum atomic E-state index is 3.74. The van der Waals surface area contributed by atoms with Gasteiger partial charge in [0.2, 0.25) is 0 Å². The van der Waals surface area contributed by atoms with Crippen molar-refractivity contribution in [1.82, 2.24) is 5.32 Å². The van der Waals surface area contributed by atoms with Crippen LogP contribution in [0.2, 0.25) is 0 Å². The number of para-hydroxylation sites is 1. The summed E-state index contributed by atoms with van der Waals surface area (Å²) in [7, 11) is 0. The lowest BCUT2D eigenvalue weighted by Crippen LogP contribution is -2.56. The van der Waals surface area contributed by atoms with Gasteiger partial charge in [-0.15, -0.1) is 0 Å². The Labute approximate surface area is 130 Å². The highest BCUT2D eigenvalue weighted by atomic mass is 15.2. The first-order chi connectivity index (χ1) is 9.97. The third-order valence-electron chi connectivity index (χ3n) is 4.63. The van der Waals surface area contributed by atoms with E-state index < -0.39 is 0 Å². The standard InChI is InChI=1S/C19H32N2/c1-6-10-15-14-21(16(7-2)13-20-15)18-12-9-8-11-17(18)19(3,4)5/h8-9,11-12,15-16,20H,6-7,10,13-14H2,1-5H3. The van der Waals surface area contributed by atoms with E-state index in [0.717, 1.165) is 13.1 Å². The van der Waals surface area contributed by atoms with E-state index in [9.17, 15) is 0 Å². The molecular weight excluding hydrogens is 256 g/mol. The molecule has 0 aliphatic carbocycles. The third-order valence-corrected chi connectivity index (χ3v) is 4.63. The highest BCUT2D eigenvalue weighted by molar-refractivity contribution is 5.57. The van der Waals surface area contributed by atoms with Crippen LogP contribution in [-0.2, 0) is 5.41 Å². The maximum absolute atomic E-state index is 3.74. The SMILES string of the molecule is CCCC1CN(c2ccccc2C(C)(C)C)C(CC)CN1. The monoisotopic (exact) mass is 288 g/mol. The van der Waals surface area contributed by atoms with Gasteiger partial charge in [-0.05, 0) is 29.9 Å². The fourth-order valence-corrected chi connectivity index (χ4v) is 3.42. The molecule has 2 heteroatoms. The minimum atomic E-state index is 0.194. The number of rotatable bonds is 4. The minimum Gasteiger partial charge on any atom is -0.365 e. The molecule has 21 heavy (non-hydrogen) atoms. The van der Waals surface area contributed by atoms with Crippen LogP contribution >= 0.6 is 0 Å². The number of nitrogens with one attached hydrogen (secondary N) is 1. The Morgan fingerprint density at radius 3 is 2.52 bits per heavy atom. The van der Waals surface area contributed by atoms with Crippen LogP contribution in [0, 0.1) is 0 Å². The molecule has 0 spiro atoms. The molecule has 0 aromatic heterocycles. The largest absolute Gasteiger partial charge is 0.365 e. The summed E-state index contributed by atoms with van der Waals surface area (Å²) >= 11 is 0. The van der Waals surface area contributed by atoms with Gasteiger partial charge in [-0.2, -0.15) is 0 Å². The predicted molar refractivity (Wildman–Crippen MR) is 93.3 cm³/mol. The average Bonchev–Trinajstić information content (AvgIpc) is 2.46. The summed E-state index contributed by atoms with van der Waals surface area (Å²) < 4.78 is 0. The fourth-order valence-electron chi connectivity index (χ4n) is 3.42. The molecule has 0 bridgehead atoms. The van der Waals surface area contributed by atoms with Crippen LogP contribution in [0.25, 0.3) is 0 Å². The Hall–Kier alpha value is -1.02. The second-order valence-corrected chi connectivity index (χ2v) is 7.38. The quantitative estimate of drug-likeness (QED) is 0.886. The summed E-state index contributed by atoms with van der Waals surface area (Å²) in [6.07, 6.45) is 3.72. The molecule has 1 saturated heterocycles. The van der Waals surface area contributed by atoms with E-state index in [0.29, 0.717) is 12.1 Å². The summed E-state index contributed by atoms with van der Waals surface area (Å²) in [6.45, 7) is 13.8. The molecule has 2 unspecified atom stereocenters. The van der Waals surface area contributed by atoms with E-state index in [-0.39, 0.29) is 5.41 Å². The zero-order valence-electron chi connectivity index (χ0n) is 14.4. The Morgan fingerprint density at radius 1 is 1.19 bits per heavy atom. The van der Waals surface area contributed by atoms with Crippen molar-refractivity contribution in [2.75, 3.05) is 18.0 Å². The predicted octanol–water partition coefficient (Wildman–Crippen LogP) is 4.34. The molecule has 1 fully saturated rings. The van der Waals surface area contributed by atoms with Crippen molar-refractivity contribution in [3.8, 4) is 0 Å². The van der Waals surface area contributed by atoms with Crippen molar-refractivity contribution in [3.63, 3.8) is 0 Å². The Balaban J connectivity index is 2.32. The van der Waals surface area contributed by atoms with Gasteiger partial charge in [0.1, 0.15) is 0 Å². The highest BCUT2D eigenvalue weighted by Crippen LogP contribution is 2.34. The summed E-state index contributed by atoms with van der Waals surface area (Å²) in [4.78, 5) is 2.66. The zero-order valence-corrected chi connectivity index (χ0v) is 14.4. The summed E-state index contributed by atoms with van der Waals surface area (Å²) in [5.74, 6) is 0. The van der Waals surface area contributed by atoms with E-state index in [4.69, 9.17) is 0 Å². The smallest absolute Gasteiger partial charge is 0.0412 e. The second kappa shape index (κ2) is 6.83. The Morgan fingerprint density at radius 2 is 1.90 bits per heavy atom. The summed E-state index contributed by atoms with van der Waals surface area (Å²) in [5.41, 5.74) is 3.11. The van der Waals surface area contributed by atoms with E-state index in [1.165, 1.54) is 30.5 Å². The first-order valence-electron chi connectivity index (χ1n) is 8.56. The molecule has 2 atom stereocenters. The van der Waals surface area contributed by atoms with E-state index in [1.807, 2.05) is 0 Å². The molecule has 0 radical (unpaired) electrons. The van der Waals surface area contributed by atoms with Crippen LogP contribution in [0.5, 0.6) is 0 Å². The number of piperazine rings is 1. The van der Waals surface area contributed by atoms with Gasteiger partial charge in [0.15, 0.2) is 0 Å². The van der Waals surface area contributed by atoms with Crippen molar-refractivity contribution < 1.29 is 0 Å². The van der Waals surface area contributed by atoms with Crippen LogP contribution < -0.4 is 10.2 Å². The molecule has 1 aliphatic heterocycles. The number of benzene rings is 1. The molecule has 2 nitrogen and oxygen atoms in total. The number of hydrogen-bond acceptors (Lipinski definition) is 2. The molecule has 0 amide bonds. The van der Waals surface area contributed by atoms with Crippen molar-refractivity contribution in [2.24, 2.45) is 0 Å². The zero-order chi connectivity index (χ0) is 15.5. The Kier molecular flexibility index (Phi) is 5.32. The lowest BCUT2D eigenvalue weighted by molar-refractivity contribution is 0.367. The van der Waals surface area contributed by atoms with Crippen molar-refractivity contribution in [2.45, 2.75) is 71.4 Å². The summed E-state index contributed by atoms with van der Waals surface area (Å²) in [6, 6.07) is 10.2. The molecule has 1 aromatic carbocycles. The molecule has 2 rings (SSSR count). The molecule has 118 valence electrons. The van der Waals surface area contributed by atoms with Crippen LogP contribution in [0.3, 0.4) is 0 Å². The van der Waals surface area contributed by atoms with Gasteiger partial charge in [-0.25, -0.2) is 0 Å². The topological polar surface area (TPSA) is 15.3 Å². The minimum absolute atomic E-state index is 0.194. The van der Waals surface area contributed by atoms with E-state index in [2.05, 4.69) is 69.1 Å². The molecule has 1 aliphatic rings. The van der Waals surface area contributed by atoms with Gasteiger partial charge in [0, 0.05) is 30.9 Å². The molecule has 1 aromatic rings. The molecule has 1 heterocycles. The average molecular weight is 288 g/mol. The third kappa shape index (κ3) is 3.79. The number of anilines is 1. The summed E-state index contributed by atoms with van der Waals surface area (Å²) in [5, 5.41) is 3.74. The van der Waals surface area contributed by atoms with Crippen molar-refractivity contribution >= 4 is 5.69 Å². The van der Waals surface area contributed by atoms with Crippen molar-refractivity contribution in [1.29, 1.82) is 0 Å². The number of hydrogen-bond donors (Lipinski definition) is 1. The first kappa shape index (κ1) is 16.4. The van der Waals surface area contributed by atoms with Gasteiger partial charge >= 0.3 is 0 Å². The highest BCUT2D eigenvalue weighted by Gasteiger charge is 2.29. The lowest BCUT2D eigenvalue weighted by atomic mass is 9.84. The first-order valence-corrected chi connectivity index (χ1v) is 8.56. The normalized spacial score (nSPS) is 23.4. The molecule has 1 N–H and O–H groups in total. The van der Waals surface area contributed by atoms with Crippen molar-refractivity contribution in [3.05, 3.63) is 29.8 Å². The van der Waals surface area contributed by atoms with Gasteiger partial charge in [-0.1, -0.05) is 59.2 Å². The maximum Gasteiger partial charge on any atom is 0.0412 e. The fraction of sp³-hybridized carbons (Fsp3) is 0.684. The van der Waals surface area contributed by atoms with Gasteiger partial charge in [0.25, 0.3) is 0 Å². The van der Waals surface area contributed by atoms with E-state index >= 15 is 0 Å². The van der Waals surface area contributed by atoms with Crippen LogP contribution in [0.15, 0.2) is 24.3 Å².